The average molecular weight is 409 g/mol. The van der Waals surface area contributed by atoms with Crippen LogP contribution < -0.4 is 5.63 Å². The van der Waals surface area contributed by atoms with Gasteiger partial charge in [-0.3, -0.25) is 4.90 Å². The van der Waals surface area contributed by atoms with Crippen molar-refractivity contribution in [2.24, 2.45) is 0 Å². The number of benzene rings is 2. The van der Waals surface area contributed by atoms with Gasteiger partial charge in [0.05, 0.1) is 5.69 Å². The standard InChI is InChI=1S/C22H21ClN4O2/c1-14-8-21-19(10-20(14)23)17(9-22(28)29-21)11-26(3)15(2)16-4-6-18(7-5-16)27-13-24-12-25-27/h4-10,12-13,15H,11H2,1-3H3. The predicted molar refractivity (Wildman–Crippen MR) is 113 cm³/mol. The van der Waals surface area contributed by atoms with E-state index >= 15 is 0 Å². The zero-order chi connectivity index (χ0) is 20.5. The van der Waals surface area contributed by atoms with Crippen LogP contribution >= 0.6 is 11.6 Å². The Hall–Kier alpha value is -2.96. The van der Waals surface area contributed by atoms with Crippen LogP contribution in [0.4, 0.5) is 0 Å². The van der Waals surface area contributed by atoms with E-state index in [2.05, 4.69) is 34.0 Å². The highest BCUT2D eigenvalue weighted by molar-refractivity contribution is 6.32. The van der Waals surface area contributed by atoms with E-state index < -0.39 is 0 Å². The molecule has 0 saturated heterocycles. The quantitative estimate of drug-likeness (QED) is 0.454. The van der Waals surface area contributed by atoms with Gasteiger partial charge in [0.15, 0.2) is 0 Å². The van der Waals surface area contributed by atoms with E-state index in [1.165, 1.54) is 6.33 Å². The van der Waals surface area contributed by atoms with Crippen LogP contribution in [0.1, 0.15) is 29.7 Å². The summed E-state index contributed by atoms with van der Waals surface area (Å²) in [5.41, 5.74) is 4.11. The molecule has 148 valence electrons. The minimum atomic E-state index is -0.354. The highest BCUT2D eigenvalue weighted by atomic mass is 35.5. The number of aryl methyl sites for hydroxylation is 1. The number of hydrogen-bond acceptors (Lipinski definition) is 5. The molecule has 2 aromatic carbocycles. The molecule has 4 rings (SSSR count). The van der Waals surface area contributed by atoms with E-state index in [4.69, 9.17) is 16.0 Å². The third kappa shape index (κ3) is 3.95. The molecular formula is C22H21ClN4O2. The van der Waals surface area contributed by atoms with E-state index in [-0.39, 0.29) is 11.7 Å². The first kappa shape index (κ1) is 19.4. The lowest BCUT2D eigenvalue weighted by Gasteiger charge is -2.25. The SMILES string of the molecule is Cc1cc2oc(=O)cc(CN(C)C(C)c3ccc(-n4cncn4)cc3)c2cc1Cl. The predicted octanol–water partition coefficient (Wildman–Crippen LogP) is 4.53. The van der Waals surface area contributed by atoms with Crippen LogP contribution in [0.2, 0.25) is 5.02 Å². The number of fused-ring (bicyclic) bond motifs is 1. The van der Waals surface area contributed by atoms with E-state index in [0.29, 0.717) is 17.2 Å². The molecule has 0 fully saturated rings. The molecule has 1 unspecified atom stereocenters. The first-order valence-corrected chi connectivity index (χ1v) is 9.68. The second-order valence-electron chi connectivity index (χ2n) is 7.21. The van der Waals surface area contributed by atoms with Crippen molar-refractivity contribution in [2.45, 2.75) is 26.4 Å². The molecule has 0 spiro atoms. The van der Waals surface area contributed by atoms with Gasteiger partial charge in [-0.15, -0.1) is 0 Å². The number of halogens is 1. The van der Waals surface area contributed by atoms with Crippen molar-refractivity contribution in [1.82, 2.24) is 19.7 Å². The summed E-state index contributed by atoms with van der Waals surface area (Å²) in [4.78, 5) is 18.2. The first-order valence-electron chi connectivity index (χ1n) is 9.30. The van der Waals surface area contributed by atoms with Crippen molar-refractivity contribution < 1.29 is 4.42 Å². The Morgan fingerprint density at radius 2 is 1.97 bits per heavy atom. The largest absolute Gasteiger partial charge is 0.423 e. The van der Waals surface area contributed by atoms with Crippen molar-refractivity contribution in [2.75, 3.05) is 7.05 Å². The average Bonchev–Trinajstić information content (AvgIpc) is 3.24. The Bertz CT molecular complexity index is 1200. The molecule has 0 aliphatic carbocycles. The third-order valence-electron chi connectivity index (χ3n) is 5.25. The molecule has 0 aliphatic rings. The molecule has 1 atom stereocenters. The van der Waals surface area contributed by atoms with Gasteiger partial charge in [-0.25, -0.2) is 14.5 Å². The summed E-state index contributed by atoms with van der Waals surface area (Å²) >= 11 is 6.31. The Labute approximate surface area is 173 Å². The summed E-state index contributed by atoms with van der Waals surface area (Å²) < 4.78 is 7.09. The van der Waals surface area contributed by atoms with Crippen molar-refractivity contribution in [3.63, 3.8) is 0 Å². The monoisotopic (exact) mass is 408 g/mol. The lowest BCUT2D eigenvalue weighted by Crippen LogP contribution is -2.22. The smallest absolute Gasteiger partial charge is 0.336 e. The molecule has 0 amide bonds. The van der Waals surface area contributed by atoms with Crippen LogP contribution in [0, 0.1) is 6.92 Å². The minimum absolute atomic E-state index is 0.142. The second-order valence-corrected chi connectivity index (χ2v) is 7.62. The maximum Gasteiger partial charge on any atom is 0.336 e. The summed E-state index contributed by atoms with van der Waals surface area (Å²) in [6.07, 6.45) is 3.18. The normalized spacial score (nSPS) is 12.6. The fraction of sp³-hybridized carbons (Fsp3) is 0.227. The van der Waals surface area contributed by atoms with E-state index in [1.54, 1.807) is 17.1 Å². The molecule has 29 heavy (non-hydrogen) atoms. The van der Waals surface area contributed by atoms with Crippen molar-refractivity contribution >= 4 is 22.6 Å². The molecule has 2 aromatic heterocycles. The minimum Gasteiger partial charge on any atom is -0.423 e. The molecule has 0 aliphatic heterocycles. The van der Waals surface area contributed by atoms with Gasteiger partial charge in [-0.05, 0) is 61.9 Å². The number of hydrogen-bond donors (Lipinski definition) is 0. The summed E-state index contributed by atoms with van der Waals surface area (Å²) in [6, 6.07) is 13.6. The number of nitrogens with zero attached hydrogens (tertiary/aromatic N) is 4. The molecule has 4 aromatic rings. The molecular weight excluding hydrogens is 388 g/mol. The molecule has 0 saturated carbocycles. The molecule has 0 bridgehead atoms. The van der Waals surface area contributed by atoms with Crippen LogP contribution in [-0.2, 0) is 6.54 Å². The van der Waals surface area contributed by atoms with Crippen LogP contribution in [0.15, 0.2) is 64.3 Å². The Balaban J connectivity index is 1.60. The van der Waals surface area contributed by atoms with Crippen LogP contribution in [0.3, 0.4) is 0 Å². The van der Waals surface area contributed by atoms with E-state index in [1.807, 2.05) is 38.2 Å². The summed E-state index contributed by atoms with van der Waals surface area (Å²) in [5, 5.41) is 5.67. The van der Waals surface area contributed by atoms with E-state index in [0.717, 1.165) is 27.8 Å². The third-order valence-corrected chi connectivity index (χ3v) is 5.66. The number of aromatic nitrogens is 3. The van der Waals surface area contributed by atoms with Gasteiger partial charge >= 0.3 is 5.63 Å². The summed E-state index contributed by atoms with van der Waals surface area (Å²) in [7, 11) is 2.03. The fourth-order valence-electron chi connectivity index (χ4n) is 3.39. The van der Waals surface area contributed by atoms with Crippen LogP contribution in [-0.4, -0.2) is 26.7 Å². The molecule has 6 nitrogen and oxygen atoms in total. The van der Waals surface area contributed by atoms with Crippen molar-refractivity contribution in [1.29, 1.82) is 0 Å². The second kappa shape index (κ2) is 7.81. The lowest BCUT2D eigenvalue weighted by atomic mass is 10.0. The van der Waals surface area contributed by atoms with Crippen molar-refractivity contribution in [3.8, 4) is 5.69 Å². The van der Waals surface area contributed by atoms with Gasteiger partial charge in [0.1, 0.15) is 18.2 Å². The fourth-order valence-corrected chi connectivity index (χ4v) is 3.55. The van der Waals surface area contributed by atoms with Gasteiger partial charge in [0.25, 0.3) is 0 Å². The Morgan fingerprint density at radius 3 is 2.66 bits per heavy atom. The summed E-state index contributed by atoms with van der Waals surface area (Å²) in [5.74, 6) is 0. The first-order chi connectivity index (χ1) is 13.9. The summed E-state index contributed by atoms with van der Waals surface area (Å²) in [6.45, 7) is 4.62. The molecule has 0 radical (unpaired) electrons. The molecule has 7 heteroatoms. The van der Waals surface area contributed by atoms with Gasteiger partial charge in [0, 0.05) is 29.1 Å². The van der Waals surface area contributed by atoms with Crippen LogP contribution in [0.5, 0.6) is 0 Å². The Kier molecular flexibility index (Phi) is 5.22. The maximum absolute atomic E-state index is 12.0. The zero-order valence-corrected chi connectivity index (χ0v) is 17.2. The maximum atomic E-state index is 12.0. The van der Waals surface area contributed by atoms with E-state index in [9.17, 15) is 4.79 Å². The highest BCUT2D eigenvalue weighted by Gasteiger charge is 2.16. The van der Waals surface area contributed by atoms with Gasteiger partial charge in [-0.2, -0.15) is 5.10 Å². The van der Waals surface area contributed by atoms with Crippen LogP contribution in [0.25, 0.3) is 16.7 Å². The zero-order valence-electron chi connectivity index (χ0n) is 16.5. The topological polar surface area (TPSA) is 64.2 Å². The van der Waals surface area contributed by atoms with Gasteiger partial charge in [-0.1, -0.05) is 23.7 Å². The highest BCUT2D eigenvalue weighted by Crippen LogP contribution is 2.28. The van der Waals surface area contributed by atoms with Gasteiger partial charge < -0.3 is 4.42 Å². The number of rotatable bonds is 5. The van der Waals surface area contributed by atoms with Gasteiger partial charge in [0.2, 0.25) is 0 Å². The molecule has 0 N–H and O–H groups in total. The molecule has 2 heterocycles. The van der Waals surface area contributed by atoms with Crippen molar-refractivity contribution in [3.05, 3.63) is 87.3 Å². The lowest BCUT2D eigenvalue weighted by molar-refractivity contribution is 0.253. The Morgan fingerprint density at radius 1 is 1.21 bits per heavy atom.